The van der Waals surface area contributed by atoms with Crippen LogP contribution in [-0.4, -0.2) is 71.2 Å². The molecule has 1 aliphatic heterocycles. The zero-order valence-corrected chi connectivity index (χ0v) is 18.5. The van der Waals surface area contributed by atoms with Gasteiger partial charge in [-0.25, -0.2) is 13.8 Å². The Balaban J connectivity index is 1.18. The zero-order valence-electron chi connectivity index (χ0n) is 18.5. The second-order valence-electron chi connectivity index (χ2n) is 8.09. The highest BCUT2D eigenvalue weighted by Gasteiger charge is 2.22. The minimum Gasteiger partial charge on any atom is -0.491 e. The average Bonchev–Trinajstić information content (AvgIpc) is 3.29. The van der Waals surface area contributed by atoms with Gasteiger partial charge in [0.25, 0.3) is 5.91 Å². The summed E-state index contributed by atoms with van der Waals surface area (Å²) in [6.45, 7) is 4.05. The third-order valence-electron chi connectivity index (χ3n) is 5.42. The van der Waals surface area contributed by atoms with Crippen molar-refractivity contribution in [3.8, 4) is 5.75 Å². The molecule has 1 aromatic heterocycles. The van der Waals surface area contributed by atoms with Gasteiger partial charge in [0, 0.05) is 38.4 Å². The number of amides is 1. The van der Waals surface area contributed by atoms with E-state index in [4.69, 9.17) is 9.15 Å². The number of nitrogens with zero attached hydrogens (tertiary/aromatic N) is 3. The monoisotopic (exact) mass is 472 g/mol. The second-order valence-corrected chi connectivity index (χ2v) is 8.09. The molecule has 1 unspecified atom stereocenters. The van der Waals surface area contributed by atoms with Gasteiger partial charge in [0.2, 0.25) is 5.89 Å². The first-order valence-electron chi connectivity index (χ1n) is 11.0. The fourth-order valence-electron chi connectivity index (χ4n) is 3.64. The van der Waals surface area contributed by atoms with Crippen LogP contribution in [0.3, 0.4) is 0 Å². The highest BCUT2D eigenvalue weighted by molar-refractivity contribution is 6.02. The molecule has 3 aromatic rings. The van der Waals surface area contributed by atoms with E-state index in [-0.39, 0.29) is 18.1 Å². The largest absolute Gasteiger partial charge is 0.491 e. The van der Waals surface area contributed by atoms with E-state index in [0.29, 0.717) is 30.4 Å². The van der Waals surface area contributed by atoms with Crippen molar-refractivity contribution in [1.29, 1.82) is 0 Å². The number of rotatable bonds is 9. The van der Waals surface area contributed by atoms with Gasteiger partial charge in [-0.2, -0.15) is 0 Å². The van der Waals surface area contributed by atoms with Gasteiger partial charge in [0.05, 0.1) is 6.54 Å². The summed E-state index contributed by atoms with van der Waals surface area (Å²) in [6, 6.07) is 11.3. The molecule has 1 fully saturated rings. The molecule has 34 heavy (non-hydrogen) atoms. The summed E-state index contributed by atoms with van der Waals surface area (Å²) in [7, 11) is 0. The predicted octanol–water partition coefficient (Wildman–Crippen LogP) is 2.76. The summed E-state index contributed by atoms with van der Waals surface area (Å²) in [5, 5.41) is 12.8. The van der Waals surface area contributed by atoms with E-state index in [1.807, 2.05) is 0 Å². The maximum atomic E-state index is 13.3. The highest BCUT2D eigenvalue weighted by Crippen LogP contribution is 2.14. The summed E-state index contributed by atoms with van der Waals surface area (Å²) < 4.78 is 37.2. The van der Waals surface area contributed by atoms with Gasteiger partial charge in [-0.1, -0.05) is 6.07 Å². The van der Waals surface area contributed by atoms with Crippen LogP contribution in [0, 0.1) is 11.6 Å². The Labute approximate surface area is 195 Å². The van der Waals surface area contributed by atoms with Crippen LogP contribution in [0.2, 0.25) is 0 Å². The maximum absolute atomic E-state index is 13.3. The Morgan fingerprint density at radius 3 is 2.56 bits per heavy atom. The Bertz CT molecular complexity index is 1080. The molecule has 4 rings (SSSR count). The third-order valence-corrected chi connectivity index (χ3v) is 5.42. The number of aromatic nitrogens is 1. The molecule has 2 aromatic carbocycles. The lowest BCUT2D eigenvalue weighted by Crippen LogP contribution is -2.48. The first-order chi connectivity index (χ1) is 16.4. The van der Waals surface area contributed by atoms with Crippen LogP contribution in [-0.2, 0) is 6.54 Å². The maximum Gasteiger partial charge on any atom is 0.277 e. The number of oxazole rings is 1. The molecule has 2 heterocycles. The molecule has 1 amide bonds. The number of nitrogens with one attached hydrogen (secondary N) is 1. The van der Waals surface area contributed by atoms with Crippen LogP contribution in [0.15, 0.2) is 59.2 Å². The summed E-state index contributed by atoms with van der Waals surface area (Å²) >= 11 is 0. The SMILES string of the molecule is O=C(Nc1cccc(F)c1)c1coc(CN2CCN(CC(O)COc3ccc(F)cc3)CC2)n1. The fourth-order valence-corrected chi connectivity index (χ4v) is 3.64. The summed E-state index contributed by atoms with van der Waals surface area (Å²) in [5.74, 6) is -0.308. The first-order valence-corrected chi connectivity index (χ1v) is 11.0. The van der Waals surface area contributed by atoms with Crippen molar-refractivity contribution in [1.82, 2.24) is 14.8 Å². The average molecular weight is 472 g/mol. The van der Waals surface area contributed by atoms with Gasteiger partial charge in [-0.15, -0.1) is 0 Å². The van der Waals surface area contributed by atoms with E-state index < -0.39 is 17.8 Å². The number of hydrogen-bond acceptors (Lipinski definition) is 7. The van der Waals surface area contributed by atoms with E-state index in [1.54, 1.807) is 6.07 Å². The minimum atomic E-state index is -0.664. The van der Waals surface area contributed by atoms with E-state index >= 15 is 0 Å². The molecule has 1 atom stereocenters. The van der Waals surface area contributed by atoms with Crippen molar-refractivity contribution in [2.75, 3.05) is 44.6 Å². The fraction of sp³-hybridized carbons (Fsp3) is 0.333. The Hall–Kier alpha value is -3.34. The topological polar surface area (TPSA) is 91.1 Å². The zero-order chi connectivity index (χ0) is 23.9. The molecule has 1 saturated heterocycles. The van der Waals surface area contributed by atoms with E-state index in [9.17, 15) is 18.7 Å². The van der Waals surface area contributed by atoms with E-state index in [2.05, 4.69) is 20.1 Å². The number of piperazine rings is 1. The van der Waals surface area contributed by atoms with E-state index in [1.165, 1.54) is 48.7 Å². The van der Waals surface area contributed by atoms with Gasteiger partial charge in [-0.3, -0.25) is 14.6 Å². The molecule has 180 valence electrons. The van der Waals surface area contributed by atoms with Crippen molar-refractivity contribution < 1.29 is 27.8 Å². The van der Waals surface area contributed by atoms with Gasteiger partial charge < -0.3 is 19.6 Å². The van der Waals surface area contributed by atoms with Gasteiger partial charge >= 0.3 is 0 Å². The predicted molar refractivity (Wildman–Crippen MR) is 120 cm³/mol. The number of hydrogen-bond donors (Lipinski definition) is 2. The number of anilines is 1. The number of halogens is 2. The number of aliphatic hydroxyl groups is 1. The third kappa shape index (κ3) is 6.83. The van der Waals surface area contributed by atoms with Crippen molar-refractivity contribution >= 4 is 11.6 Å². The molecular formula is C24H26F2N4O4. The Morgan fingerprint density at radius 2 is 1.82 bits per heavy atom. The van der Waals surface area contributed by atoms with Gasteiger partial charge in [-0.05, 0) is 42.5 Å². The molecule has 0 radical (unpaired) electrons. The number of carbonyl (C=O) groups excluding carboxylic acids is 1. The van der Waals surface area contributed by atoms with Crippen molar-refractivity contribution in [2.24, 2.45) is 0 Å². The van der Waals surface area contributed by atoms with E-state index in [0.717, 1.165) is 26.2 Å². The van der Waals surface area contributed by atoms with Gasteiger partial charge in [0.15, 0.2) is 5.69 Å². The molecule has 2 N–H and O–H groups in total. The summed E-state index contributed by atoms with van der Waals surface area (Å²) in [5.41, 5.74) is 0.470. The van der Waals surface area contributed by atoms with Crippen LogP contribution in [0.4, 0.5) is 14.5 Å². The number of carbonyl (C=O) groups is 1. The van der Waals surface area contributed by atoms with Gasteiger partial charge in [0.1, 0.15) is 36.4 Å². The van der Waals surface area contributed by atoms with Crippen LogP contribution >= 0.6 is 0 Å². The molecule has 0 bridgehead atoms. The number of ether oxygens (including phenoxy) is 1. The van der Waals surface area contributed by atoms with Crippen molar-refractivity contribution in [3.63, 3.8) is 0 Å². The Morgan fingerprint density at radius 1 is 1.09 bits per heavy atom. The normalized spacial score (nSPS) is 15.7. The summed E-state index contributed by atoms with van der Waals surface area (Å²) in [6.07, 6.45) is 0.625. The smallest absolute Gasteiger partial charge is 0.277 e. The van der Waals surface area contributed by atoms with Crippen LogP contribution in [0.25, 0.3) is 0 Å². The molecule has 10 heteroatoms. The lowest BCUT2D eigenvalue weighted by atomic mass is 10.2. The second kappa shape index (κ2) is 11.2. The number of aliphatic hydroxyl groups excluding tert-OH is 1. The van der Waals surface area contributed by atoms with Crippen LogP contribution in [0.1, 0.15) is 16.4 Å². The lowest BCUT2D eigenvalue weighted by Gasteiger charge is -2.34. The lowest BCUT2D eigenvalue weighted by molar-refractivity contribution is 0.0430. The molecule has 1 aliphatic rings. The first kappa shape index (κ1) is 23.8. The number of β-amino-alcohol motifs (C(OH)–C–C–N with tert-alkyl or cyclic N) is 1. The molecular weight excluding hydrogens is 446 g/mol. The molecule has 0 aliphatic carbocycles. The minimum absolute atomic E-state index is 0.127. The van der Waals surface area contributed by atoms with Crippen molar-refractivity contribution in [2.45, 2.75) is 12.6 Å². The standard InChI is InChI=1S/C24H26F2N4O4/c25-17-4-6-21(7-5-17)33-15-20(31)13-29-8-10-30(11-9-29)14-23-28-22(16-34-23)24(32)27-19-3-1-2-18(26)12-19/h1-7,12,16,20,31H,8-11,13-15H2,(H,27,32). The summed E-state index contributed by atoms with van der Waals surface area (Å²) in [4.78, 5) is 20.8. The molecule has 0 spiro atoms. The van der Waals surface area contributed by atoms with Crippen molar-refractivity contribution in [3.05, 3.63) is 78.0 Å². The Kier molecular flexibility index (Phi) is 7.84. The highest BCUT2D eigenvalue weighted by atomic mass is 19.1. The number of benzene rings is 2. The molecule has 0 saturated carbocycles. The molecule has 8 nitrogen and oxygen atoms in total. The quantitative estimate of drug-likeness (QED) is 0.495. The van der Waals surface area contributed by atoms with Crippen LogP contribution in [0.5, 0.6) is 5.75 Å². The van der Waals surface area contributed by atoms with Crippen LogP contribution < -0.4 is 10.1 Å².